The molecule has 0 aliphatic carbocycles. The second kappa shape index (κ2) is 5.27. The molecule has 0 saturated heterocycles. The zero-order valence-electron chi connectivity index (χ0n) is 9.26. The van der Waals surface area contributed by atoms with Crippen molar-refractivity contribution in [3.05, 3.63) is 29.8 Å². The fourth-order valence-electron chi connectivity index (χ4n) is 1.14. The molecule has 6 nitrogen and oxygen atoms in total. The van der Waals surface area contributed by atoms with E-state index in [1.54, 1.807) is 0 Å². The largest absolute Gasteiger partial charge is 0.409 e. The van der Waals surface area contributed by atoms with Gasteiger partial charge in [-0.3, -0.25) is 0 Å². The topological polar surface area (TPSA) is 105 Å². The Kier molecular flexibility index (Phi) is 4.19. The average molecular weight is 279 g/mol. The summed E-state index contributed by atoms with van der Waals surface area (Å²) >= 11 is 0. The third-order valence-electron chi connectivity index (χ3n) is 2.07. The normalized spacial score (nSPS) is 14.5. The Balaban J connectivity index is 3.07. The highest BCUT2D eigenvalue weighted by atomic mass is 32.2. The first-order valence-corrected chi connectivity index (χ1v) is 6.21. The van der Waals surface area contributed by atoms with Gasteiger partial charge in [-0.1, -0.05) is 5.16 Å². The fraction of sp³-hybridized carbons (Fsp3) is 0.222. The number of oxime groups is 1. The Hall–Kier alpha value is -1.74. The smallest absolute Gasteiger partial charge is 0.244 e. The van der Waals surface area contributed by atoms with Crippen LogP contribution in [0.15, 0.2) is 28.3 Å². The molecule has 0 amide bonds. The Bertz CT molecular complexity index is 574. The van der Waals surface area contributed by atoms with Crippen molar-refractivity contribution >= 4 is 15.9 Å². The maximum atomic E-state index is 13.3. The monoisotopic (exact) mass is 279 g/mol. The molecule has 1 aromatic carbocycles. The molecule has 0 radical (unpaired) electrons. The number of nitrogens with two attached hydrogens (primary N) is 1. The van der Waals surface area contributed by atoms with Crippen molar-refractivity contribution in [2.75, 3.05) is 0 Å². The number of nitrogens with zero attached hydrogens (tertiary/aromatic N) is 1. The van der Waals surface area contributed by atoms with Crippen molar-refractivity contribution in [3.63, 3.8) is 0 Å². The van der Waals surface area contributed by atoms with Gasteiger partial charge in [0.25, 0.3) is 0 Å². The van der Waals surface area contributed by atoms with Gasteiger partial charge in [-0.05, 0) is 19.1 Å². The lowest BCUT2D eigenvalue weighted by atomic mass is 10.3. The summed E-state index contributed by atoms with van der Waals surface area (Å²) in [6.07, 6.45) is 0. The highest BCUT2D eigenvalue weighted by Crippen LogP contribution is 2.15. The number of benzene rings is 1. The first-order valence-electron chi connectivity index (χ1n) is 4.72. The second-order valence-corrected chi connectivity index (χ2v) is 5.12. The second-order valence-electron chi connectivity index (χ2n) is 3.44. The maximum absolute atomic E-state index is 13.3. The molecule has 0 bridgehead atoms. The Morgan fingerprint density at radius 1 is 1.50 bits per heavy atom. The van der Waals surface area contributed by atoms with Gasteiger partial charge in [-0.15, -0.1) is 0 Å². The van der Waals surface area contributed by atoms with Gasteiger partial charge in [0.15, 0.2) is 5.84 Å². The summed E-state index contributed by atoms with van der Waals surface area (Å²) in [4.78, 5) is -0.721. The molecule has 4 N–H and O–H groups in total. The van der Waals surface area contributed by atoms with E-state index in [-0.39, 0.29) is 5.84 Å². The highest BCUT2D eigenvalue weighted by molar-refractivity contribution is 7.89. The van der Waals surface area contributed by atoms with E-state index in [9.17, 15) is 17.2 Å². The van der Waals surface area contributed by atoms with E-state index in [2.05, 4.69) is 5.16 Å². The number of halogens is 2. The fourth-order valence-corrected chi connectivity index (χ4v) is 2.41. The molecular weight excluding hydrogens is 268 g/mol. The molecule has 1 aromatic rings. The van der Waals surface area contributed by atoms with Crippen molar-refractivity contribution in [3.8, 4) is 0 Å². The van der Waals surface area contributed by atoms with Crippen LogP contribution in [0.3, 0.4) is 0 Å². The third-order valence-corrected chi connectivity index (χ3v) is 3.65. The van der Waals surface area contributed by atoms with E-state index >= 15 is 0 Å². The van der Waals surface area contributed by atoms with Crippen LogP contribution in [-0.2, 0) is 10.0 Å². The minimum atomic E-state index is -4.23. The van der Waals surface area contributed by atoms with Crippen molar-refractivity contribution in [2.24, 2.45) is 10.9 Å². The van der Waals surface area contributed by atoms with Gasteiger partial charge in [0.05, 0.1) is 6.04 Å². The summed E-state index contributed by atoms with van der Waals surface area (Å²) in [7, 11) is -4.23. The van der Waals surface area contributed by atoms with Crippen LogP contribution in [-0.4, -0.2) is 25.5 Å². The Morgan fingerprint density at radius 2 is 2.11 bits per heavy atom. The molecule has 0 fully saturated rings. The SMILES string of the molecule is CC(NS(=O)(=O)c1ccc(F)cc1F)/C(N)=N/O. The van der Waals surface area contributed by atoms with E-state index in [0.717, 1.165) is 12.1 Å². The highest BCUT2D eigenvalue weighted by Gasteiger charge is 2.23. The number of hydrogen-bond donors (Lipinski definition) is 3. The number of sulfonamides is 1. The number of nitrogens with one attached hydrogen (secondary N) is 1. The summed E-state index contributed by atoms with van der Waals surface area (Å²) < 4.78 is 51.4. The summed E-state index contributed by atoms with van der Waals surface area (Å²) in [6.45, 7) is 1.30. The van der Waals surface area contributed by atoms with Crippen molar-refractivity contribution in [1.29, 1.82) is 0 Å². The molecule has 0 heterocycles. The number of hydrogen-bond acceptors (Lipinski definition) is 4. The Morgan fingerprint density at radius 3 is 2.61 bits per heavy atom. The lowest BCUT2D eigenvalue weighted by molar-refractivity contribution is 0.316. The summed E-state index contributed by atoms with van der Waals surface area (Å²) in [5.74, 6) is -2.51. The molecule has 0 aliphatic heterocycles. The van der Waals surface area contributed by atoms with E-state index in [1.165, 1.54) is 6.92 Å². The minimum Gasteiger partial charge on any atom is -0.409 e. The quantitative estimate of drug-likeness (QED) is 0.320. The molecule has 0 spiro atoms. The molecule has 100 valence electrons. The molecule has 1 atom stereocenters. The molecule has 1 rings (SSSR count). The van der Waals surface area contributed by atoms with Crippen molar-refractivity contribution < 1.29 is 22.4 Å². The molecule has 9 heteroatoms. The van der Waals surface area contributed by atoms with Crippen LogP contribution < -0.4 is 10.5 Å². The van der Waals surface area contributed by atoms with Crippen LogP contribution in [0.2, 0.25) is 0 Å². The van der Waals surface area contributed by atoms with Gasteiger partial charge < -0.3 is 10.9 Å². The lowest BCUT2D eigenvalue weighted by Gasteiger charge is -2.13. The molecule has 0 saturated carbocycles. The van der Waals surface area contributed by atoms with Gasteiger partial charge in [0.1, 0.15) is 16.5 Å². The predicted molar refractivity (Wildman–Crippen MR) is 59.6 cm³/mol. The van der Waals surface area contributed by atoms with Gasteiger partial charge in [0, 0.05) is 6.07 Å². The van der Waals surface area contributed by atoms with Crippen LogP contribution in [0, 0.1) is 11.6 Å². The average Bonchev–Trinajstić information content (AvgIpc) is 2.26. The van der Waals surface area contributed by atoms with E-state index in [0.29, 0.717) is 6.07 Å². The summed E-state index contributed by atoms with van der Waals surface area (Å²) in [5, 5.41) is 11.0. The van der Waals surface area contributed by atoms with Crippen LogP contribution in [0.5, 0.6) is 0 Å². The summed E-state index contributed by atoms with van der Waals surface area (Å²) in [5.41, 5.74) is 5.18. The van der Waals surface area contributed by atoms with Crippen LogP contribution >= 0.6 is 0 Å². The van der Waals surface area contributed by atoms with Crippen LogP contribution in [0.25, 0.3) is 0 Å². The first kappa shape index (κ1) is 14.3. The molecule has 1 unspecified atom stereocenters. The molecule has 0 aliphatic rings. The Labute approximate surface area is 102 Å². The number of rotatable bonds is 4. The van der Waals surface area contributed by atoms with Crippen LogP contribution in [0.1, 0.15) is 6.92 Å². The maximum Gasteiger partial charge on any atom is 0.244 e. The van der Waals surface area contributed by atoms with Gasteiger partial charge in [-0.25, -0.2) is 21.9 Å². The standard InChI is InChI=1S/C9H11F2N3O3S/c1-5(9(12)13-15)14-18(16,17)8-3-2-6(10)4-7(8)11/h2-5,14-15H,1H3,(H2,12,13). The summed E-state index contributed by atoms with van der Waals surface area (Å²) in [6, 6.07) is 1.00. The lowest BCUT2D eigenvalue weighted by Crippen LogP contribution is -2.42. The van der Waals surface area contributed by atoms with Crippen molar-refractivity contribution in [2.45, 2.75) is 17.9 Å². The number of amidine groups is 1. The minimum absolute atomic E-state index is 0.388. The van der Waals surface area contributed by atoms with E-state index < -0.39 is 32.6 Å². The van der Waals surface area contributed by atoms with E-state index in [1.807, 2.05) is 4.72 Å². The zero-order chi connectivity index (χ0) is 13.9. The molecular formula is C9H11F2N3O3S. The zero-order valence-corrected chi connectivity index (χ0v) is 10.1. The molecule has 18 heavy (non-hydrogen) atoms. The van der Waals surface area contributed by atoms with Crippen LogP contribution in [0.4, 0.5) is 8.78 Å². The predicted octanol–water partition coefficient (Wildman–Crippen LogP) is 0.378. The van der Waals surface area contributed by atoms with E-state index in [4.69, 9.17) is 10.9 Å². The van der Waals surface area contributed by atoms with Gasteiger partial charge in [0.2, 0.25) is 10.0 Å². The van der Waals surface area contributed by atoms with Gasteiger partial charge >= 0.3 is 0 Å². The molecule has 0 aromatic heterocycles. The first-order chi connectivity index (χ1) is 8.27. The van der Waals surface area contributed by atoms with Gasteiger partial charge in [-0.2, -0.15) is 0 Å². The third kappa shape index (κ3) is 3.14. The van der Waals surface area contributed by atoms with Crippen molar-refractivity contribution in [1.82, 2.24) is 4.72 Å².